The number of anilines is 1. The molecule has 0 aromatic heterocycles. The Labute approximate surface area is 152 Å². The Hall–Kier alpha value is -2.45. The van der Waals surface area contributed by atoms with E-state index in [2.05, 4.69) is 10.0 Å². The van der Waals surface area contributed by atoms with Crippen LogP contribution in [0, 0.1) is 5.82 Å². The van der Waals surface area contributed by atoms with E-state index in [0.717, 1.165) is 17.7 Å². The molecule has 140 valence electrons. The molecule has 1 amide bonds. The van der Waals surface area contributed by atoms with Gasteiger partial charge >= 0.3 is 0 Å². The Morgan fingerprint density at radius 1 is 1.12 bits per heavy atom. The van der Waals surface area contributed by atoms with Gasteiger partial charge in [0.1, 0.15) is 5.82 Å². The molecule has 0 heterocycles. The second kappa shape index (κ2) is 8.77. The van der Waals surface area contributed by atoms with Crippen LogP contribution in [0.2, 0.25) is 0 Å². The van der Waals surface area contributed by atoms with Gasteiger partial charge in [0.25, 0.3) is 10.0 Å². The fourth-order valence-corrected chi connectivity index (χ4v) is 3.38. The number of methoxy groups -OCH3 is 1. The summed E-state index contributed by atoms with van der Waals surface area (Å²) in [5.74, 6) is -0.652. The Morgan fingerprint density at radius 2 is 1.73 bits per heavy atom. The maximum atomic E-state index is 12.9. The maximum Gasteiger partial charge on any atom is 0.261 e. The lowest BCUT2D eigenvalue weighted by Crippen LogP contribution is -2.36. The smallest absolute Gasteiger partial charge is 0.261 e. The molecule has 0 aliphatic rings. The molecule has 0 aliphatic heterocycles. The molecule has 0 bridgehead atoms. The van der Waals surface area contributed by atoms with Crippen LogP contribution in [0.5, 0.6) is 0 Å². The third-order valence-corrected chi connectivity index (χ3v) is 4.92. The maximum absolute atomic E-state index is 12.9. The molecule has 2 aromatic rings. The van der Waals surface area contributed by atoms with E-state index in [9.17, 15) is 17.6 Å². The van der Waals surface area contributed by atoms with E-state index in [0.29, 0.717) is 12.3 Å². The number of carbonyl (C=O) groups is 1. The van der Waals surface area contributed by atoms with Crippen molar-refractivity contribution in [2.75, 3.05) is 18.4 Å². The number of nitrogens with one attached hydrogen (secondary N) is 2. The van der Waals surface area contributed by atoms with Gasteiger partial charge in [-0.25, -0.2) is 12.8 Å². The van der Waals surface area contributed by atoms with Crippen molar-refractivity contribution >= 4 is 21.6 Å². The summed E-state index contributed by atoms with van der Waals surface area (Å²) >= 11 is 0. The zero-order chi connectivity index (χ0) is 19.2. The van der Waals surface area contributed by atoms with Crippen molar-refractivity contribution in [1.29, 1.82) is 0 Å². The molecule has 1 atom stereocenters. The predicted octanol–water partition coefficient (Wildman–Crippen LogP) is 2.32. The monoisotopic (exact) mass is 380 g/mol. The quantitative estimate of drug-likeness (QED) is 0.736. The molecule has 1 unspecified atom stereocenters. The van der Waals surface area contributed by atoms with E-state index >= 15 is 0 Å². The summed E-state index contributed by atoms with van der Waals surface area (Å²) in [5, 5.41) is 2.80. The Kier molecular flexibility index (Phi) is 6.70. The summed E-state index contributed by atoms with van der Waals surface area (Å²) in [6.45, 7) is 2.27. The minimum Gasteiger partial charge on any atom is -0.383 e. The number of benzene rings is 2. The Bertz CT molecular complexity index is 836. The molecule has 2 aromatic carbocycles. The molecule has 2 N–H and O–H groups in total. The fraction of sp³-hybridized carbons (Fsp3) is 0.278. The summed E-state index contributed by atoms with van der Waals surface area (Å²) in [5.41, 5.74) is 1.10. The molecule has 6 nitrogen and oxygen atoms in total. The van der Waals surface area contributed by atoms with Crippen LogP contribution in [0.1, 0.15) is 12.5 Å². The van der Waals surface area contributed by atoms with Crippen LogP contribution in [-0.2, 0) is 26.0 Å². The van der Waals surface area contributed by atoms with Crippen LogP contribution < -0.4 is 10.0 Å². The van der Waals surface area contributed by atoms with Gasteiger partial charge in [-0.2, -0.15) is 0 Å². The minimum atomic E-state index is -3.80. The molecular formula is C18H21FN2O4S. The van der Waals surface area contributed by atoms with Crippen molar-refractivity contribution in [2.45, 2.75) is 24.3 Å². The van der Waals surface area contributed by atoms with Gasteiger partial charge in [0.15, 0.2) is 0 Å². The van der Waals surface area contributed by atoms with E-state index in [1.807, 2.05) is 6.92 Å². The van der Waals surface area contributed by atoms with Crippen molar-refractivity contribution in [3.05, 3.63) is 59.9 Å². The first kappa shape index (κ1) is 19.9. The lowest BCUT2D eigenvalue weighted by molar-refractivity contribution is -0.121. The number of ether oxygens (including phenoxy) is 1. The highest BCUT2D eigenvalue weighted by Crippen LogP contribution is 2.17. The predicted molar refractivity (Wildman–Crippen MR) is 96.8 cm³/mol. The first-order chi connectivity index (χ1) is 12.3. The van der Waals surface area contributed by atoms with Crippen LogP contribution in [0.4, 0.5) is 10.1 Å². The number of amides is 1. The normalized spacial score (nSPS) is 12.4. The minimum absolute atomic E-state index is 0.0329. The van der Waals surface area contributed by atoms with Crippen LogP contribution in [0.25, 0.3) is 0 Å². The number of hydrogen-bond donors (Lipinski definition) is 2. The molecule has 0 saturated heterocycles. The standard InChI is InChI=1S/C18H21FN2O4S/c1-13(12-25-2)20-18(22)11-14-3-7-16(8-4-14)21-26(23,24)17-9-5-15(19)6-10-17/h3-10,13,21H,11-12H2,1-2H3,(H,20,22). The van der Waals surface area contributed by atoms with Gasteiger partial charge in [-0.3, -0.25) is 9.52 Å². The summed E-state index contributed by atoms with van der Waals surface area (Å²) in [6.07, 6.45) is 0.180. The van der Waals surface area contributed by atoms with Gasteiger partial charge in [0.2, 0.25) is 5.91 Å². The van der Waals surface area contributed by atoms with E-state index < -0.39 is 15.8 Å². The zero-order valence-electron chi connectivity index (χ0n) is 14.5. The first-order valence-corrected chi connectivity index (χ1v) is 9.44. The molecule has 0 aliphatic carbocycles. The highest BCUT2D eigenvalue weighted by atomic mass is 32.2. The summed E-state index contributed by atoms with van der Waals surface area (Å²) in [6, 6.07) is 10.9. The first-order valence-electron chi connectivity index (χ1n) is 7.96. The number of halogens is 1. The molecule has 8 heteroatoms. The molecule has 0 saturated carbocycles. The van der Waals surface area contributed by atoms with Gasteiger partial charge in [-0.1, -0.05) is 12.1 Å². The fourth-order valence-electron chi connectivity index (χ4n) is 2.32. The summed E-state index contributed by atoms with van der Waals surface area (Å²) in [4.78, 5) is 11.9. The van der Waals surface area contributed by atoms with Crippen molar-refractivity contribution in [3.8, 4) is 0 Å². The van der Waals surface area contributed by atoms with Crippen LogP contribution in [0.3, 0.4) is 0 Å². The topological polar surface area (TPSA) is 84.5 Å². The van der Waals surface area contributed by atoms with Gasteiger partial charge in [-0.05, 0) is 48.9 Å². The van der Waals surface area contributed by atoms with Gasteiger partial charge in [-0.15, -0.1) is 0 Å². The van der Waals surface area contributed by atoms with Gasteiger partial charge < -0.3 is 10.1 Å². The average Bonchev–Trinajstić information content (AvgIpc) is 2.57. The third kappa shape index (κ3) is 5.82. The van der Waals surface area contributed by atoms with Crippen molar-refractivity contribution in [2.24, 2.45) is 0 Å². The Balaban J connectivity index is 1.98. The molecule has 2 rings (SSSR count). The number of hydrogen-bond acceptors (Lipinski definition) is 4. The number of rotatable bonds is 8. The van der Waals surface area contributed by atoms with E-state index in [-0.39, 0.29) is 23.3 Å². The van der Waals surface area contributed by atoms with E-state index in [1.165, 1.54) is 12.1 Å². The van der Waals surface area contributed by atoms with Crippen molar-refractivity contribution in [1.82, 2.24) is 5.32 Å². The molecule has 0 radical (unpaired) electrons. The molecule has 26 heavy (non-hydrogen) atoms. The number of carbonyl (C=O) groups excluding carboxylic acids is 1. The van der Waals surface area contributed by atoms with Gasteiger partial charge in [0, 0.05) is 18.8 Å². The average molecular weight is 380 g/mol. The second-order valence-corrected chi connectivity index (χ2v) is 7.54. The molecule has 0 fully saturated rings. The summed E-state index contributed by atoms with van der Waals surface area (Å²) < 4.78 is 44.8. The lowest BCUT2D eigenvalue weighted by atomic mass is 10.1. The van der Waals surface area contributed by atoms with Crippen molar-refractivity contribution < 1.29 is 22.3 Å². The highest BCUT2D eigenvalue weighted by Gasteiger charge is 2.14. The number of sulfonamides is 1. The highest BCUT2D eigenvalue weighted by molar-refractivity contribution is 7.92. The SMILES string of the molecule is COCC(C)NC(=O)Cc1ccc(NS(=O)(=O)c2ccc(F)cc2)cc1. The van der Waals surface area contributed by atoms with Crippen molar-refractivity contribution in [3.63, 3.8) is 0 Å². The van der Waals surface area contributed by atoms with Crippen LogP contribution in [-0.4, -0.2) is 34.1 Å². The van der Waals surface area contributed by atoms with Crippen LogP contribution in [0.15, 0.2) is 53.4 Å². The lowest BCUT2D eigenvalue weighted by Gasteiger charge is -2.13. The third-order valence-electron chi connectivity index (χ3n) is 3.52. The molecule has 0 spiro atoms. The Morgan fingerprint density at radius 3 is 2.31 bits per heavy atom. The van der Waals surface area contributed by atoms with E-state index in [4.69, 9.17) is 4.74 Å². The van der Waals surface area contributed by atoms with Crippen LogP contribution >= 0.6 is 0 Å². The van der Waals surface area contributed by atoms with E-state index in [1.54, 1.807) is 31.4 Å². The summed E-state index contributed by atoms with van der Waals surface area (Å²) in [7, 11) is -2.23. The van der Waals surface area contributed by atoms with Gasteiger partial charge in [0.05, 0.1) is 17.9 Å². The zero-order valence-corrected chi connectivity index (χ0v) is 15.3. The largest absolute Gasteiger partial charge is 0.383 e. The molecular weight excluding hydrogens is 359 g/mol. The second-order valence-electron chi connectivity index (χ2n) is 5.86.